The second kappa shape index (κ2) is 6.50. The number of hydrogen-bond donors (Lipinski definition) is 1. The van der Waals surface area contributed by atoms with E-state index in [1.165, 1.54) is 0 Å². The van der Waals surface area contributed by atoms with E-state index in [4.69, 9.17) is 4.74 Å². The summed E-state index contributed by atoms with van der Waals surface area (Å²) in [4.78, 5) is 35.0. The van der Waals surface area contributed by atoms with Crippen molar-refractivity contribution in [2.75, 3.05) is 0 Å². The normalized spacial score (nSPS) is 15.6. The van der Waals surface area contributed by atoms with E-state index in [-0.39, 0.29) is 0 Å². The first kappa shape index (κ1) is 15.1. The van der Waals surface area contributed by atoms with Gasteiger partial charge in [0.15, 0.2) is 0 Å². The third-order valence-corrected chi connectivity index (χ3v) is 3.83. The standard InChI is InChI=1S/C17H11NO4S/c19-15-14(23-17(21)18-15)10-11-5-4-8-13(9-11)22-16(20)12-6-2-1-3-7-12/h1-10H,(H,18,19,21)/b14-10+. The number of imide groups is 1. The lowest BCUT2D eigenvalue weighted by Gasteiger charge is -2.05. The van der Waals surface area contributed by atoms with E-state index in [1.807, 2.05) is 6.07 Å². The van der Waals surface area contributed by atoms with Gasteiger partial charge in [0, 0.05) is 0 Å². The van der Waals surface area contributed by atoms with E-state index in [9.17, 15) is 14.4 Å². The van der Waals surface area contributed by atoms with Crippen molar-refractivity contribution in [2.45, 2.75) is 0 Å². The number of amides is 2. The molecule has 0 radical (unpaired) electrons. The van der Waals surface area contributed by atoms with Crippen molar-refractivity contribution in [1.82, 2.24) is 5.32 Å². The Labute approximate surface area is 136 Å². The molecule has 0 aromatic heterocycles. The summed E-state index contributed by atoms with van der Waals surface area (Å²) < 4.78 is 5.31. The van der Waals surface area contributed by atoms with Gasteiger partial charge in [-0.3, -0.25) is 14.9 Å². The van der Waals surface area contributed by atoms with Crippen molar-refractivity contribution in [3.63, 3.8) is 0 Å². The maximum Gasteiger partial charge on any atom is 0.343 e. The maximum absolute atomic E-state index is 12.0. The summed E-state index contributed by atoms with van der Waals surface area (Å²) in [5, 5.41) is 1.79. The summed E-state index contributed by atoms with van der Waals surface area (Å²) in [6, 6.07) is 15.4. The fraction of sp³-hybridized carbons (Fsp3) is 0. The van der Waals surface area contributed by atoms with Crippen LogP contribution in [0, 0.1) is 0 Å². The Morgan fingerprint density at radius 1 is 1.04 bits per heavy atom. The van der Waals surface area contributed by atoms with Crippen molar-refractivity contribution in [3.8, 4) is 5.75 Å². The van der Waals surface area contributed by atoms with Gasteiger partial charge in [-0.25, -0.2) is 4.79 Å². The molecule has 1 aliphatic rings. The molecule has 5 nitrogen and oxygen atoms in total. The molecule has 0 atom stereocenters. The molecule has 0 unspecified atom stereocenters. The van der Waals surface area contributed by atoms with Crippen LogP contribution in [0.15, 0.2) is 59.5 Å². The van der Waals surface area contributed by atoms with Gasteiger partial charge >= 0.3 is 5.97 Å². The third-order valence-electron chi connectivity index (χ3n) is 3.02. The zero-order valence-electron chi connectivity index (χ0n) is 11.8. The van der Waals surface area contributed by atoms with Crippen LogP contribution in [0.3, 0.4) is 0 Å². The second-order valence-electron chi connectivity index (χ2n) is 4.68. The molecule has 2 aromatic carbocycles. The molecule has 0 aliphatic carbocycles. The molecule has 0 bridgehead atoms. The molecule has 2 amide bonds. The predicted molar refractivity (Wildman–Crippen MR) is 86.9 cm³/mol. The van der Waals surface area contributed by atoms with E-state index in [0.29, 0.717) is 21.8 Å². The predicted octanol–water partition coefficient (Wildman–Crippen LogP) is 3.23. The van der Waals surface area contributed by atoms with Gasteiger partial charge in [0.25, 0.3) is 11.1 Å². The van der Waals surface area contributed by atoms with Crippen LogP contribution in [0.25, 0.3) is 6.08 Å². The zero-order chi connectivity index (χ0) is 16.2. The molecule has 1 fully saturated rings. The fourth-order valence-corrected chi connectivity index (χ4v) is 2.66. The number of rotatable bonds is 3. The lowest BCUT2D eigenvalue weighted by atomic mass is 10.2. The minimum absolute atomic E-state index is 0.307. The second-order valence-corrected chi connectivity index (χ2v) is 5.70. The molecule has 3 rings (SSSR count). The highest BCUT2D eigenvalue weighted by atomic mass is 32.2. The summed E-state index contributed by atoms with van der Waals surface area (Å²) in [6.07, 6.45) is 1.57. The Morgan fingerprint density at radius 2 is 1.83 bits per heavy atom. The molecule has 2 aromatic rings. The van der Waals surface area contributed by atoms with E-state index in [0.717, 1.165) is 11.8 Å². The van der Waals surface area contributed by atoms with Gasteiger partial charge in [-0.05, 0) is 47.7 Å². The Hall–Kier alpha value is -2.86. The van der Waals surface area contributed by atoms with Crippen molar-refractivity contribution < 1.29 is 19.1 Å². The van der Waals surface area contributed by atoms with E-state index >= 15 is 0 Å². The van der Waals surface area contributed by atoms with Gasteiger partial charge in [0.05, 0.1) is 10.5 Å². The highest BCUT2D eigenvalue weighted by Gasteiger charge is 2.24. The van der Waals surface area contributed by atoms with Crippen molar-refractivity contribution >= 4 is 35.0 Å². The first-order chi connectivity index (χ1) is 11.1. The smallest absolute Gasteiger partial charge is 0.343 e. The lowest BCUT2D eigenvalue weighted by Crippen LogP contribution is -2.17. The van der Waals surface area contributed by atoms with Crippen LogP contribution in [-0.4, -0.2) is 17.1 Å². The highest BCUT2D eigenvalue weighted by Crippen LogP contribution is 2.26. The monoisotopic (exact) mass is 325 g/mol. The summed E-state index contributed by atoms with van der Waals surface area (Å²) in [7, 11) is 0. The molecule has 1 saturated heterocycles. The van der Waals surface area contributed by atoms with Gasteiger partial charge in [-0.2, -0.15) is 0 Å². The highest BCUT2D eigenvalue weighted by molar-refractivity contribution is 8.18. The summed E-state index contributed by atoms with van der Waals surface area (Å²) in [5.74, 6) is -0.520. The van der Waals surface area contributed by atoms with Crippen LogP contribution in [-0.2, 0) is 4.79 Å². The number of esters is 1. The lowest BCUT2D eigenvalue weighted by molar-refractivity contribution is -0.115. The molecule has 6 heteroatoms. The van der Waals surface area contributed by atoms with E-state index < -0.39 is 17.1 Å². The third kappa shape index (κ3) is 3.67. The van der Waals surface area contributed by atoms with Crippen LogP contribution in [0.5, 0.6) is 5.75 Å². The van der Waals surface area contributed by atoms with Crippen LogP contribution in [0.1, 0.15) is 15.9 Å². The molecule has 0 spiro atoms. The number of thioether (sulfide) groups is 1. The molecule has 114 valence electrons. The first-order valence-electron chi connectivity index (χ1n) is 6.74. The fourth-order valence-electron chi connectivity index (χ4n) is 1.98. The van der Waals surface area contributed by atoms with Gasteiger partial charge in [-0.1, -0.05) is 30.3 Å². The molecule has 1 aliphatic heterocycles. The molecule has 0 saturated carbocycles. The van der Waals surface area contributed by atoms with Crippen molar-refractivity contribution in [1.29, 1.82) is 0 Å². The van der Waals surface area contributed by atoms with Gasteiger partial charge in [-0.15, -0.1) is 0 Å². The molecular weight excluding hydrogens is 314 g/mol. The Balaban J connectivity index is 1.78. The number of hydrogen-bond acceptors (Lipinski definition) is 5. The van der Waals surface area contributed by atoms with Gasteiger partial charge in [0.2, 0.25) is 0 Å². The molecule has 1 heterocycles. The van der Waals surface area contributed by atoms with Crippen molar-refractivity contribution in [2.24, 2.45) is 0 Å². The topological polar surface area (TPSA) is 72.5 Å². The van der Waals surface area contributed by atoms with Crippen LogP contribution in [0.2, 0.25) is 0 Å². The average Bonchev–Trinajstić information content (AvgIpc) is 2.86. The zero-order valence-corrected chi connectivity index (χ0v) is 12.6. The number of benzene rings is 2. The summed E-state index contributed by atoms with van der Waals surface area (Å²) in [6.45, 7) is 0. The number of nitrogens with one attached hydrogen (secondary N) is 1. The largest absolute Gasteiger partial charge is 0.423 e. The van der Waals surface area contributed by atoms with E-state index in [1.54, 1.807) is 54.6 Å². The van der Waals surface area contributed by atoms with Crippen LogP contribution < -0.4 is 10.1 Å². The molecule has 23 heavy (non-hydrogen) atoms. The first-order valence-corrected chi connectivity index (χ1v) is 7.55. The Kier molecular flexibility index (Phi) is 4.25. The van der Waals surface area contributed by atoms with Crippen molar-refractivity contribution in [3.05, 3.63) is 70.6 Å². The molecular formula is C17H11NO4S. The Bertz CT molecular complexity index is 814. The SMILES string of the molecule is O=C1NC(=O)/C(=C\c2cccc(OC(=O)c3ccccc3)c2)S1. The Morgan fingerprint density at radius 3 is 2.52 bits per heavy atom. The van der Waals surface area contributed by atoms with Gasteiger partial charge < -0.3 is 4.74 Å². The van der Waals surface area contributed by atoms with Crippen LogP contribution in [0.4, 0.5) is 4.79 Å². The minimum atomic E-state index is -0.460. The van der Waals surface area contributed by atoms with Gasteiger partial charge in [0.1, 0.15) is 5.75 Å². The summed E-state index contributed by atoms with van der Waals surface area (Å²) in [5.41, 5.74) is 1.11. The van der Waals surface area contributed by atoms with Crippen LogP contribution >= 0.6 is 11.8 Å². The number of ether oxygens (including phenoxy) is 1. The maximum atomic E-state index is 12.0. The quantitative estimate of drug-likeness (QED) is 0.533. The van der Waals surface area contributed by atoms with E-state index in [2.05, 4.69) is 5.32 Å². The number of carbonyl (C=O) groups is 3. The minimum Gasteiger partial charge on any atom is -0.423 e. The number of carbonyl (C=O) groups excluding carboxylic acids is 3. The summed E-state index contributed by atoms with van der Waals surface area (Å²) >= 11 is 0.839. The average molecular weight is 325 g/mol. The molecule has 1 N–H and O–H groups in total.